The summed E-state index contributed by atoms with van der Waals surface area (Å²) >= 11 is 0. The molecule has 0 heterocycles. The minimum absolute atomic E-state index is 0.110. The van der Waals surface area contributed by atoms with Crippen LogP contribution in [0, 0.1) is 5.41 Å². The molecule has 0 amide bonds. The van der Waals surface area contributed by atoms with Gasteiger partial charge in [0.25, 0.3) is 0 Å². The van der Waals surface area contributed by atoms with Crippen LogP contribution in [0.1, 0.15) is 39.3 Å². The van der Waals surface area contributed by atoms with E-state index in [4.69, 9.17) is 0 Å². The highest BCUT2D eigenvalue weighted by Gasteiger charge is 2.22. The largest absolute Gasteiger partial charge is 0.508 e. The van der Waals surface area contributed by atoms with Gasteiger partial charge >= 0.3 is 0 Å². The van der Waals surface area contributed by atoms with E-state index in [-0.39, 0.29) is 23.3 Å². The second-order valence-electron chi connectivity index (χ2n) is 5.61. The van der Waals surface area contributed by atoms with Gasteiger partial charge < -0.3 is 15.5 Å². The second-order valence-corrected chi connectivity index (χ2v) is 5.61. The van der Waals surface area contributed by atoms with E-state index in [2.05, 4.69) is 5.32 Å². The molecule has 17 heavy (non-hydrogen) atoms. The van der Waals surface area contributed by atoms with Crippen LogP contribution in [0.25, 0.3) is 0 Å². The molecule has 0 spiro atoms. The van der Waals surface area contributed by atoms with Crippen molar-refractivity contribution < 1.29 is 10.2 Å². The van der Waals surface area contributed by atoms with Crippen LogP contribution in [0.4, 0.5) is 0 Å². The van der Waals surface area contributed by atoms with Gasteiger partial charge in [-0.3, -0.25) is 0 Å². The summed E-state index contributed by atoms with van der Waals surface area (Å²) in [5.41, 5.74) is 0.900. The van der Waals surface area contributed by atoms with Gasteiger partial charge in [-0.25, -0.2) is 0 Å². The monoisotopic (exact) mass is 237 g/mol. The molecular weight excluding hydrogens is 214 g/mol. The number of phenolic OH excluding ortho intramolecular Hbond substituents is 1. The SMILES string of the molecule is C[C@@H](NC[C@@H](O)C(C)(C)C)c1cccc(O)c1. The predicted octanol–water partition coefficient (Wildman–Crippen LogP) is 2.45. The Morgan fingerprint density at radius 3 is 2.47 bits per heavy atom. The molecule has 0 radical (unpaired) electrons. The average molecular weight is 237 g/mol. The van der Waals surface area contributed by atoms with Crippen molar-refractivity contribution >= 4 is 0 Å². The van der Waals surface area contributed by atoms with E-state index in [1.54, 1.807) is 12.1 Å². The Balaban J connectivity index is 2.53. The maximum absolute atomic E-state index is 9.92. The minimum atomic E-state index is -0.387. The van der Waals surface area contributed by atoms with Crippen LogP contribution in [0.3, 0.4) is 0 Å². The first kappa shape index (κ1) is 14.0. The summed E-state index contributed by atoms with van der Waals surface area (Å²) < 4.78 is 0. The molecule has 0 saturated carbocycles. The second kappa shape index (κ2) is 5.52. The third-order valence-electron chi connectivity index (χ3n) is 2.99. The zero-order valence-corrected chi connectivity index (χ0v) is 11.1. The van der Waals surface area contributed by atoms with Crippen LogP contribution in [-0.4, -0.2) is 22.9 Å². The molecule has 1 aromatic carbocycles. The van der Waals surface area contributed by atoms with Crippen LogP contribution in [-0.2, 0) is 0 Å². The molecule has 0 unspecified atom stereocenters. The van der Waals surface area contributed by atoms with E-state index in [0.717, 1.165) is 5.56 Å². The number of aliphatic hydroxyl groups is 1. The van der Waals surface area contributed by atoms with E-state index in [9.17, 15) is 10.2 Å². The molecule has 1 aromatic rings. The van der Waals surface area contributed by atoms with Gasteiger partial charge in [-0.1, -0.05) is 32.9 Å². The summed E-state index contributed by atoms with van der Waals surface area (Å²) in [6, 6.07) is 7.28. The van der Waals surface area contributed by atoms with E-state index in [0.29, 0.717) is 6.54 Å². The van der Waals surface area contributed by atoms with Crippen LogP contribution in [0.5, 0.6) is 5.75 Å². The van der Waals surface area contributed by atoms with Crippen molar-refractivity contribution in [2.24, 2.45) is 5.41 Å². The number of hydrogen-bond acceptors (Lipinski definition) is 3. The predicted molar refractivity (Wildman–Crippen MR) is 70.0 cm³/mol. The van der Waals surface area contributed by atoms with E-state index in [1.165, 1.54) is 0 Å². The van der Waals surface area contributed by atoms with Crippen LogP contribution in [0.15, 0.2) is 24.3 Å². The maximum Gasteiger partial charge on any atom is 0.115 e. The molecule has 3 heteroatoms. The zero-order valence-electron chi connectivity index (χ0n) is 11.1. The molecule has 0 aromatic heterocycles. The lowest BCUT2D eigenvalue weighted by Crippen LogP contribution is -2.37. The molecule has 96 valence electrons. The van der Waals surface area contributed by atoms with Crippen LogP contribution >= 0.6 is 0 Å². The van der Waals surface area contributed by atoms with Crippen molar-refractivity contribution in [2.45, 2.75) is 39.8 Å². The zero-order chi connectivity index (χ0) is 13.1. The first-order valence-electron chi connectivity index (χ1n) is 6.01. The lowest BCUT2D eigenvalue weighted by Gasteiger charge is -2.27. The smallest absolute Gasteiger partial charge is 0.115 e. The summed E-state index contributed by atoms with van der Waals surface area (Å²) in [5, 5.41) is 22.6. The minimum Gasteiger partial charge on any atom is -0.508 e. The fourth-order valence-electron chi connectivity index (χ4n) is 1.51. The summed E-state index contributed by atoms with van der Waals surface area (Å²) in [6.45, 7) is 8.60. The number of rotatable bonds is 4. The van der Waals surface area contributed by atoms with E-state index >= 15 is 0 Å². The van der Waals surface area contributed by atoms with Crippen molar-refractivity contribution in [3.63, 3.8) is 0 Å². The van der Waals surface area contributed by atoms with Crippen molar-refractivity contribution in [1.29, 1.82) is 0 Å². The number of phenols is 1. The Kier molecular flexibility index (Phi) is 4.54. The molecule has 0 aliphatic rings. The Morgan fingerprint density at radius 1 is 1.29 bits per heavy atom. The van der Waals surface area contributed by atoms with Crippen molar-refractivity contribution in [3.05, 3.63) is 29.8 Å². The van der Waals surface area contributed by atoms with Crippen LogP contribution in [0.2, 0.25) is 0 Å². The van der Waals surface area contributed by atoms with Crippen molar-refractivity contribution in [3.8, 4) is 5.75 Å². The Labute approximate surface area is 103 Å². The molecule has 0 fully saturated rings. The van der Waals surface area contributed by atoms with Gasteiger partial charge in [0.05, 0.1) is 6.10 Å². The fraction of sp³-hybridized carbons (Fsp3) is 0.571. The number of aromatic hydroxyl groups is 1. The van der Waals surface area contributed by atoms with Gasteiger partial charge in [-0.2, -0.15) is 0 Å². The highest BCUT2D eigenvalue weighted by Crippen LogP contribution is 2.21. The summed E-state index contributed by atoms with van der Waals surface area (Å²) in [7, 11) is 0. The number of benzene rings is 1. The van der Waals surface area contributed by atoms with Crippen molar-refractivity contribution in [2.75, 3.05) is 6.54 Å². The maximum atomic E-state index is 9.92. The average Bonchev–Trinajstić information content (AvgIpc) is 2.24. The normalized spacial score (nSPS) is 15.6. The van der Waals surface area contributed by atoms with E-state index in [1.807, 2.05) is 39.8 Å². The lowest BCUT2D eigenvalue weighted by atomic mass is 9.89. The molecular formula is C14H23NO2. The summed E-state index contributed by atoms with van der Waals surface area (Å²) in [4.78, 5) is 0. The molecule has 3 N–H and O–H groups in total. The molecule has 0 aliphatic heterocycles. The standard InChI is InChI=1S/C14H23NO2/c1-10(11-6-5-7-12(16)8-11)15-9-13(17)14(2,3)4/h5-8,10,13,15-17H,9H2,1-4H3/t10-,13-/m1/s1. The van der Waals surface area contributed by atoms with Gasteiger partial charge in [0.1, 0.15) is 5.75 Å². The number of aliphatic hydroxyl groups excluding tert-OH is 1. The first-order chi connectivity index (χ1) is 7.80. The highest BCUT2D eigenvalue weighted by atomic mass is 16.3. The molecule has 1 rings (SSSR count). The molecule has 3 nitrogen and oxygen atoms in total. The highest BCUT2D eigenvalue weighted by molar-refractivity contribution is 5.28. The van der Waals surface area contributed by atoms with E-state index < -0.39 is 0 Å². The Morgan fingerprint density at radius 2 is 1.94 bits per heavy atom. The van der Waals surface area contributed by atoms with Crippen LogP contribution < -0.4 is 5.32 Å². The molecule has 2 atom stereocenters. The Bertz CT molecular complexity index is 357. The topological polar surface area (TPSA) is 52.5 Å². The van der Waals surface area contributed by atoms with Gasteiger partial charge in [0, 0.05) is 12.6 Å². The quantitative estimate of drug-likeness (QED) is 0.754. The number of hydrogen-bond donors (Lipinski definition) is 3. The Hall–Kier alpha value is -1.06. The number of nitrogens with one attached hydrogen (secondary N) is 1. The summed E-state index contributed by atoms with van der Waals surface area (Å²) in [5.74, 6) is 0.271. The third-order valence-corrected chi connectivity index (χ3v) is 2.99. The summed E-state index contributed by atoms with van der Waals surface area (Å²) in [6.07, 6.45) is -0.387. The molecule has 0 aliphatic carbocycles. The van der Waals surface area contributed by atoms with Gasteiger partial charge in [0.15, 0.2) is 0 Å². The molecule has 0 saturated heterocycles. The molecule has 0 bridgehead atoms. The first-order valence-corrected chi connectivity index (χ1v) is 6.01. The fourth-order valence-corrected chi connectivity index (χ4v) is 1.51. The van der Waals surface area contributed by atoms with Gasteiger partial charge in [-0.15, -0.1) is 0 Å². The van der Waals surface area contributed by atoms with Gasteiger partial charge in [-0.05, 0) is 30.0 Å². The van der Waals surface area contributed by atoms with Crippen molar-refractivity contribution in [1.82, 2.24) is 5.32 Å². The van der Waals surface area contributed by atoms with Gasteiger partial charge in [0.2, 0.25) is 0 Å². The third kappa shape index (κ3) is 4.36. The lowest BCUT2D eigenvalue weighted by molar-refractivity contribution is 0.0609.